The highest BCUT2D eigenvalue weighted by Gasteiger charge is 2.19. The molecule has 3 aromatic rings. The fourth-order valence-corrected chi connectivity index (χ4v) is 3.23. The van der Waals surface area contributed by atoms with Gasteiger partial charge in [-0.25, -0.2) is 0 Å². The SMILES string of the molecule is CCn1c(-c2ccc(O)c(NC(=O)CCl)c2)c(C#N)c2ccc(OC)cc21. The van der Waals surface area contributed by atoms with Crippen LogP contribution in [-0.4, -0.2) is 28.6 Å². The number of aromatic hydroxyl groups is 1. The lowest BCUT2D eigenvalue weighted by Crippen LogP contribution is -2.12. The first-order valence-corrected chi connectivity index (χ1v) is 8.87. The van der Waals surface area contributed by atoms with Gasteiger partial charge in [-0.3, -0.25) is 4.79 Å². The topological polar surface area (TPSA) is 87.3 Å². The Kier molecular flexibility index (Phi) is 5.24. The number of nitrogens with zero attached hydrogens (tertiary/aromatic N) is 2. The number of hydrogen-bond donors (Lipinski definition) is 2. The number of phenolic OH excluding ortho intramolecular Hbond substituents is 1. The van der Waals surface area contributed by atoms with Gasteiger partial charge in [-0.05, 0) is 37.3 Å². The van der Waals surface area contributed by atoms with Gasteiger partial charge in [0.2, 0.25) is 5.91 Å². The summed E-state index contributed by atoms with van der Waals surface area (Å²) >= 11 is 5.54. The number of ether oxygens (including phenoxy) is 1. The lowest BCUT2D eigenvalue weighted by Gasteiger charge is -2.12. The zero-order valence-electron chi connectivity index (χ0n) is 14.9. The van der Waals surface area contributed by atoms with Crippen LogP contribution in [0.4, 0.5) is 5.69 Å². The van der Waals surface area contributed by atoms with Crippen LogP contribution in [0.5, 0.6) is 11.5 Å². The number of alkyl halides is 1. The molecule has 0 fully saturated rings. The van der Waals surface area contributed by atoms with Crippen molar-refractivity contribution in [3.05, 3.63) is 42.0 Å². The van der Waals surface area contributed by atoms with Crippen molar-refractivity contribution in [2.24, 2.45) is 0 Å². The number of halogens is 1. The molecule has 0 aliphatic carbocycles. The zero-order chi connectivity index (χ0) is 19.6. The molecule has 0 saturated carbocycles. The molecule has 0 bridgehead atoms. The second kappa shape index (κ2) is 7.60. The van der Waals surface area contributed by atoms with E-state index in [4.69, 9.17) is 16.3 Å². The molecule has 0 aliphatic heterocycles. The van der Waals surface area contributed by atoms with Crippen molar-refractivity contribution in [3.8, 4) is 28.8 Å². The van der Waals surface area contributed by atoms with E-state index in [9.17, 15) is 15.2 Å². The molecule has 1 heterocycles. The Morgan fingerprint density at radius 1 is 1.33 bits per heavy atom. The number of nitrogens with one attached hydrogen (secondary N) is 1. The number of nitriles is 1. The van der Waals surface area contributed by atoms with E-state index in [0.29, 0.717) is 29.1 Å². The molecule has 27 heavy (non-hydrogen) atoms. The van der Waals surface area contributed by atoms with E-state index in [1.807, 2.05) is 29.7 Å². The molecule has 3 rings (SSSR count). The molecule has 0 unspecified atom stereocenters. The number of anilines is 1. The summed E-state index contributed by atoms with van der Waals surface area (Å²) in [6.07, 6.45) is 0. The molecule has 7 heteroatoms. The number of carbonyl (C=O) groups excluding carboxylic acids is 1. The van der Waals surface area contributed by atoms with Crippen molar-refractivity contribution in [1.82, 2.24) is 4.57 Å². The predicted octanol–water partition coefficient (Wildman–Crippen LogP) is 4.09. The van der Waals surface area contributed by atoms with E-state index >= 15 is 0 Å². The quantitative estimate of drug-likeness (QED) is 0.513. The number of carbonyl (C=O) groups is 1. The minimum atomic E-state index is -0.426. The number of rotatable bonds is 5. The van der Waals surface area contributed by atoms with E-state index in [1.54, 1.807) is 19.2 Å². The van der Waals surface area contributed by atoms with Gasteiger partial charge in [-0.15, -0.1) is 11.6 Å². The smallest absolute Gasteiger partial charge is 0.239 e. The maximum absolute atomic E-state index is 11.6. The summed E-state index contributed by atoms with van der Waals surface area (Å²) in [4.78, 5) is 11.6. The van der Waals surface area contributed by atoms with Crippen molar-refractivity contribution in [3.63, 3.8) is 0 Å². The summed E-state index contributed by atoms with van der Waals surface area (Å²) in [6.45, 7) is 2.62. The van der Waals surface area contributed by atoms with Crippen molar-refractivity contribution >= 4 is 34.1 Å². The molecule has 2 aromatic carbocycles. The first-order chi connectivity index (χ1) is 13.0. The second-order valence-electron chi connectivity index (χ2n) is 5.88. The summed E-state index contributed by atoms with van der Waals surface area (Å²) in [6, 6.07) is 12.7. The third-order valence-corrected chi connectivity index (χ3v) is 4.61. The summed E-state index contributed by atoms with van der Waals surface area (Å²) in [5.74, 6) is -0.0178. The Labute approximate surface area is 161 Å². The van der Waals surface area contributed by atoms with Crippen LogP contribution in [0.15, 0.2) is 36.4 Å². The van der Waals surface area contributed by atoms with Crippen LogP contribution in [-0.2, 0) is 11.3 Å². The highest BCUT2D eigenvalue weighted by atomic mass is 35.5. The van der Waals surface area contributed by atoms with Gasteiger partial charge < -0.3 is 19.7 Å². The Balaban J connectivity index is 2.26. The van der Waals surface area contributed by atoms with Gasteiger partial charge in [-0.2, -0.15) is 5.26 Å². The molecule has 0 aliphatic rings. The maximum atomic E-state index is 11.6. The maximum Gasteiger partial charge on any atom is 0.239 e. The molecule has 2 N–H and O–H groups in total. The normalized spacial score (nSPS) is 10.6. The highest BCUT2D eigenvalue weighted by molar-refractivity contribution is 6.29. The number of aromatic nitrogens is 1. The first kappa shape index (κ1) is 18.6. The number of hydrogen-bond acceptors (Lipinski definition) is 4. The zero-order valence-corrected chi connectivity index (χ0v) is 15.7. The third-order valence-electron chi connectivity index (χ3n) is 4.37. The van der Waals surface area contributed by atoms with E-state index in [-0.39, 0.29) is 17.3 Å². The fourth-order valence-electron chi connectivity index (χ4n) is 3.16. The second-order valence-corrected chi connectivity index (χ2v) is 6.14. The molecule has 0 atom stereocenters. The number of phenols is 1. The third kappa shape index (κ3) is 3.29. The van der Waals surface area contributed by atoms with Crippen LogP contribution < -0.4 is 10.1 Å². The van der Waals surface area contributed by atoms with Gasteiger partial charge in [0, 0.05) is 23.6 Å². The Morgan fingerprint density at radius 3 is 2.74 bits per heavy atom. The van der Waals surface area contributed by atoms with Crippen LogP contribution in [0.1, 0.15) is 12.5 Å². The Morgan fingerprint density at radius 2 is 2.11 bits per heavy atom. The number of methoxy groups -OCH3 is 1. The molecule has 138 valence electrons. The van der Waals surface area contributed by atoms with Crippen molar-refractivity contribution in [2.75, 3.05) is 18.3 Å². The van der Waals surface area contributed by atoms with Crippen LogP contribution >= 0.6 is 11.6 Å². The van der Waals surface area contributed by atoms with Crippen molar-refractivity contribution in [1.29, 1.82) is 5.26 Å². The summed E-state index contributed by atoms with van der Waals surface area (Å²) < 4.78 is 7.32. The molecule has 0 saturated heterocycles. The highest BCUT2D eigenvalue weighted by Crippen LogP contribution is 2.37. The molecule has 1 amide bonds. The Bertz CT molecular complexity index is 1070. The number of amides is 1. The van der Waals surface area contributed by atoms with E-state index < -0.39 is 5.91 Å². The standard InChI is InChI=1S/C20H18ClN3O3/c1-3-24-17-9-13(27-2)5-6-14(17)15(11-22)20(24)12-4-7-18(25)16(8-12)23-19(26)10-21/h4-9,25H,3,10H2,1-2H3,(H,23,26). The van der Waals surface area contributed by atoms with Gasteiger partial charge in [0.05, 0.1) is 29.6 Å². The molecule has 1 aromatic heterocycles. The minimum absolute atomic E-state index is 0.0726. The van der Waals surface area contributed by atoms with Crippen molar-refractivity contribution in [2.45, 2.75) is 13.5 Å². The van der Waals surface area contributed by atoms with Crippen LogP contribution in [0, 0.1) is 11.3 Å². The molecular formula is C20H18ClN3O3. The lowest BCUT2D eigenvalue weighted by molar-refractivity contribution is -0.113. The van der Waals surface area contributed by atoms with Gasteiger partial charge >= 0.3 is 0 Å². The summed E-state index contributed by atoms with van der Waals surface area (Å²) in [5.41, 5.74) is 3.06. The number of benzene rings is 2. The minimum Gasteiger partial charge on any atom is -0.506 e. The van der Waals surface area contributed by atoms with Gasteiger partial charge in [0.1, 0.15) is 23.4 Å². The molecule has 0 spiro atoms. The molecule has 6 nitrogen and oxygen atoms in total. The van der Waals surface area contributed by atoms with E-state index in [1.165, 1.54) is 6.07 Å². The Hall–Kier alpha value is -3.17. The van der Waals surface area contributed by atoms with Gasteiger partial charge in [-0.1, -0.05) is 0 Å². The van der Waals surface area contributed by atoms with Crippen LogP contribution in [0.2, 0.25) is 0 Å². The fraction of sp³-hybridized carbons (Fsp3) is 0.200. The summed E-state index contributed by atoms with van der Waals surface area (Å²) in [7, 11) is 1.60. The van der Waals surface area contributed by atoms with Crippen LogP contribution in [0.3, 0.4) is 0 Å². The molecule has 0 radical (unpaired) electrons. The average Bonchev–Trinajstić information content (AvgIpc) is 3.01. The first-order valence-electron chi connectivity index (χ1n) is 8.33. The predicted molar refractivity (Wildman–Crippen MR) is 105 cm³/mol. The van der Waals surface area contributed by atoms with E-state index in [2.05, 4.69) is 11.4 Å². The molecular weight excluding hydrogens is 366 g/mol. The van der Waals surface area contributed by atoms with Crippen molar-refractivity contribution < 1.29 is 14.6 Å². The largest absolute Gasteiger partial charge is 0.506 e. The monoisotopic (exact) mass is 383 g/mol. The van der Waals surface area contributed by atoms with E-state index in [0.717, 1.165) is 10.9 Å². The number of fused-ring (bicyclic) bond motifs is 1. The average molecular weight is 384 g/mol. The lowest BCUT2D eigenvalue weighted by atomic mass is 10.0. The van der Waals surface area contributed by atoms with Crippen LogP contribution in [0.25, 0.3) is 22.2 Å². The van der Waals surface area contributed by atoms with Gasteiger partial charge in [0.25, 0.3) is 0 Å². The number of aryl methyl sites for hydroxylation is 1. The summed E-state index contributed by atoms with van der Waals surface area (Å²) in [5, 5.41) is 23.2. The van der Waals surface area contributed by atoms with Gasteiger partial charge in [0.15, 0.2) is 0 Å².